The van der Waals surface area contributed by atoms with Crippen molar-refractivity contribution >= 4 is 21.9 Å². The minimum Gasteiger partial charge on any atom is -0.455 e. The third kappa shape index (κ3) is 3.92. The third-order valence-electron chi connectivity index (χ3n) is 7.66. The molecule has 1 N–H and O–H groups in total. The molecule has 0 radical (unpaired) electrons. The van der Waals surface area contributed by atoms with E-state index in [9.17, 15) is 9.90 Å². The molecule has 0 spiro atoms. The minimum atomic E-state index is -0.682. The highest BCUT2D eigenvalue weighted by atomic mass is 79.9. The number of carbonyl (C=O) groups excluding carboxylic acids is 1. The van der Waals surface area contributed by atoms with E-state index in [4.69, 9.17) is 4.74 Å². The molecule has 0 aromatic rings. The van der Waals surface area contributed by atoms with Crippen LogP contribution < -0.4 is 0 Å². The van der Waals surface area contributed by atoms with Crippen LogP contribution in [0.2, 0.25) is 0 Å². The first-order valence-electron chi connectivity index (χ1n) is 9.98. The van der Waals surface area contributed by atoms with E-state index in [1.165, 1.54) is 6.92 Å². The van der Waals surface area contributed by atoms with Gasteiger partial charge in [0.25, 0.3) is 0 Å². The van der Waals surface area contributed by atoms with Crippen LogP contribution in [0.5, 0.6) is 0 Å². The molecule has 2 fully saturated rings. The monoisotopic (exact) mass is 428 g/mol. The van der Waals surface area contributed by atoms with Gasteiger partial charge in [0, 0.05) is 11.8 Å². The van der Waals surface area contributed by atoms with Crippen molar-refractivity contribution in [2.75, 3.05) is 0 Å². The minimum absolute atomic E-state index is 0.0911. The number of halogens is 1. The Hall–Kier alpha value is -0.350. The van der Waals surface area contributed by atoms with Crippen molar-refractivity contribution in [2.24, 2.45) is 22.7 Å². The highest BCUT2D eigenvalue weighted by molar-refractivity contribution is 9.09. The number of alkyl halides is 1. The van der Waals surface area contributed by atoms with E-state index in [0.717, 1.165) is 32.1 Å². The van der Waals surface area contributed by atoms with Crippen LogP contribution in [-0.4, -0.2) is 27.1 Å². The lowest BCUT2D eigenvalue weighted by Crippen LogP contribution is -2.60. The molecule has 0 bridgehead atoms. The summed E-state index contributed by atoms with van der Waals surface area (Å²) in [5, 5.41) is 11.3. The fraction of sp³-hybridized carbons (Fsp3) is 0.864. The molecule has 0 aromatic carbocycles. The third-order valence-corrected chi connectivity index (χ3v) is 9.30. The maximum atomic E-state index is 11.5. The van der Waals surface area contributed by atoms with Gasteiger partial charge in [-0.1, -0.05) is 43.3 Å². The number of carbonyl (C=O) groups is 1. The Balaban J connectivity index is 2.29. The van der Waals surface area contributed by atoms with Crippen molar-refractivity contribution in [1.29, 1.82) is 0 Å². The van der Waals surface area contributed by atoms with E-state index in [0.29, 0.717) is 17.2 Å². The van der Waals surface area contributed by atoms with Crippen molar-refractivity contribution < 1.29 is 14.6 Å². The topological polar surface area (TPSA) is 46.5 Å². The zero-order valence-corrected chi connectivity index (χ0v) is 19.0. The van der Waals surface area contributed by atoms with Gasteiger partial charge in [-0.25, -0.2) is 0 Å². The Morgan fingerprint density at radius 3 is 2.46 bits per heavy atom. The van der Waals surface area contributed by atoms with Gasteiger partial charge in [-0.3, -0.25) is 4.79 Å². The number of rotatable bonds is 5. The predicted octanol–water partition coefficient (Wildman–Crippen LogP) is 5.64. The summed E-state index contributed by atoms with van der Waals surface area (Å²) in [5.74, 6) is 0.470. The van der Waals surface area contributed by atoms with Crippen LogP contribution in [0.4, 0.5) is 0 Å². The van der Waals surface area contributed by atoms with Crippen LogP contribution in [0, 0.1) is 22.7 Å². The molecule has 2 aliphatic carbocycles. The number of hydrogen-bond acceptors (Lipinski definition) is 3. The lowest BCUT2D eigenvalue weighted by molar-refractivity contribution is -0.172. The quantitative estimate of drug-likeness (QED) is 0.349. The first-order chi connectivity index (χ1) is 11.8. The molecule has 0 aliphatic heterocycles. The van der Waals surface area contributed by atoms with Crippen LogP contribution in [0.1, 0.15) is 80.1 Å². The number of aliphatic hydroxyl groups is 1. The van der Waals surface area contributed by atoms with Crippen LogP contribution in [0.25, 0.3) is 0 Å². The summed E-state index contributed by atoms with van der Waals surface area (Å²) < 4.78 is 5.53. The summed E-state index contributed by atoms with van der Waals surface area (Å²) in [6, 6.07) is 0. The maximum Gasteiger partial charge on any atom is 0.303 e. The van der Waals surface area contributed by atoms with E-state index in [-0.39, 0.29) is 22.7 Å². The number of hydrogen-bond donors (Lipinski definition) is 1. The van der Waals surface area contributed by atoms with Gasteiger partial charge in [0.1, 0.15) is 5.60 Å². The van der Waals surface area contributed by atoms with Crippen LogP contribution in [-0.2, 0) is 9.53 Å². The van der Waals surface area contributed by atoms with E-state index in [1.807, 2.05) is 13.8 Å². The summed E-state index contributed by atoms with van der Waals surface area (Å²) in [6.07, 6.45) is 7.41. The van der Waals surface area contributed by atoms with Gasteiger partial charge >= 0.3 is 5.97 Å². The maximum absolute atomic E-state index is 11.5. The average Bonchev–Trinajstić information content (AvgIpc) is 2.49. The fourth-order valence-electron chi connectivity index (χ4n) is 6.09. The normalized spacial score (nSPS) is 41.6. The van der Waals surface area contributed by atoms with E-state index >= 15 is 0 Å². The molecule has 2 aliphatic rings. The van der Waals surface area contributed by atoms with Crippen LogP contribution in [0.15, 0.2) is 12.7 Å². The summed E-state index contributed by atoms with van der Waals surface area (Å²) in [4.78, 5) is 12.0. The molecule has 0 amide bonds. The molecule has 150 valence electrons. The highest BCUT2D eigenvalue weighted by Crippen LogP contribution is 2.64. The molecule has 6 atom stereocenters. The fourth-order valence-corrected chi connectivity index (χ4v) is 6.63. The summed E-state index contributed by atoms with van der Waals surface area (Å²) in [7, 11) is 0. The summed E-state index contributed by atoms with van der Waals surface area (Å²) in [6.45, 7) is 16.4. The molecule has 4 heteroatoms. The first-order valence-corrected chi connectivity index (χ1v) is 10.9. The van der Waals surface area contributed by atoms with Gasteiger partial charge in [0.05, 0.1) is 5.60 Å². The molecule has 26 heavy (non-hydrogen) atoms. The standard InChI is InChI=1S/C22H37BrO3/c1-8-20(5,26-15(2)24)12-9-17-21(6)13-11-18(23)19(3,4)16(21)10-14-22(17,7)25/h8,16-18,25H,1,9-14H2,2-7H3/t16-,17-,18-,20+,21-,22+/m1/s1. The number of fused-ring (bicyclic) bond motifs is 1. The molecular weight excluding hydrogens is 392 g/mol. The Labute approximate surface area is 168 Å². The van der Waals surface area contributed by atoms with Gasteiger partial charge in [0.15, 0.2) is 0 Å². The molecule has 0 aromatic heterocycles. The second-order valence-electron chi connectivity index (χ2n) is 9.98. The molecular formula is C22H37BrO3. The summed E-state index contributed by atoms with van der Waals surface area (Å²) >= 11 is 3.92. The summed E-state index contributed by atoms with van der Waals surface area (Å²) in [5.41, 5.74) is -1.06. The SMILES string of the molecule is C=C[C@@](C)(CC[C@@H]1[C@]2(C)CC[C@@H](Br)C(C)(C)[C@H]2CC[C@]1(C)O)OC(C)=O. The van der Waals surface area contributed by atoms with Gasteiger partial charge < -0.3 is 9.84 Å². The van der Waals surface area contributed by atoms with Crippen molar-refractivity contribution in [2.45, 2.75) is 96.1 Å². The molecule has 0 unspecified atom stereocenters. The predicted molar refractivity (Wildman–Crippen MR) is 110 cm³/mol. The van der Waals surface area contributed by atoms with E-state index in [2.05, 4.69) is 43.3 Å². The Morgan fingerprint density at radius 2 is 1.92 bits per heavy atom. The Bertz CT molecular complexity index is 556. The van der Waals surface area contributed by atoms with Crippen molar-refractivity contribution in [3.63, 3.8) is 0 Å². The van der Waals surface area contributed by atoms with Crippen molar-refractivity contribution in [3.05, 3.63) is 12.7 Å². The lowest BCUT2D eigenvalue weighted by atomic mass is 9.45. The van der Waals surface area contributed by atoms with Crippen LogP contribution in [0.3, 0.4) is 0 Å². The van der Waals surface area contributed by atoms with Gasteiger partial charge in [-0.2, -0.15) is 0 Å². The number of esters is 1. The molecule has 3 nitrogen and oxygen atoms in total. The highest BCUT2D eigenvalue weighted by Gasteiger charge is 2.59. The second kappa shape index (κ2) is 7.24. The molecule has 2 saturated carbocycles. The van der Waals surface area contributed by atoms with Crippen molar-refractivity contribution in [3.8, 4) is 0 Å². The number of ether oxygens (including phenoxy) is 1. The van der Waals surface area contributed by atoms with E-state index in [1.54, 1.807) is 6.08 Å². The average molecular weight is 429 g/mol. The molecule has 0 heterocycles. The zero-order valence-electron chi connectivity index (χ0n) is 17.4. The lowest BCUT2D eigenvalue weighted by Gasteiger charge is -2.62. The van der Waals surface area contributed by atoms with Gasteiger partial charge in [-0.05, 0) is 81.1 Å². The smallest absolute Gasteiger partial charge is 0.303 e. The molecule has 2 rings (SSSR count). The van der Waals surface area contributed by atoms with Gasteiger partial charge in [0.2, 0.25) is 0 Å². The van der Waals surface area contributed by atoms with Crippen molar-refractivity contribution in [1.82, 2.24) is 0 Å². The zero-order chi connectivity index (χ0) is 20.0. The van der Waals surface area contributed by atoms with Gasteiger partial charge in [-0.15, -0.1) is 0 Å². The largest absolute Gasteiger partial charge is 0.455 e. The second-order valence-corrected chi connectivity index (χ2v) is 11.1. The Kier molecular flexibility index (Phi) is 6.11. The van der Waals surface area contributed by atoms with Crippen LogP contribution >= 0.6 is 15.9 Å². The first kappa shape index (κ1) is 21.9. The molecule has 0 saturated heterocycles. The van der Waals surface area contributed by atoms with E-state index < -0.39 is 11.2 Å². The Morgan fingerprint density at radius 1 is 1.31 bits per heavy atom.